The highest BCUT2D eigenvalue weighted by atomic mass is 16.5. The molecule has 0 aliphatic carbocycles. The monoisotopic (exact) mass is 209 g/mol. The second-order valence-electron chi connectivity index (χ2n) is 3.35. The van der Waals surface area contributed by atoms with Gasteiger partial charge in [0.05, 0.1) is 12.3 Å². The molecular formula is C11H15NO3. The maximum Gasteiger partial charge on any atom is 0.343 e. The van der Waals surface area contributed by atoms with Crippen molar-refractivity contribution in [3.05, 3.63) is 22.5 Å². The fourth-order valence-electron chi connectivity index (χ4n) is 1.37. The summed E-state index contributed by atoms with van der Waals surface area (Å²) < 4.78 is 4.85. The van der Waals surface area contributed by atoms with Crippen molar-refractivity contribution in [2.24, 2.45) is 0 Å². The number of pyridine rings is 1. The zero-order valence-electron chi connectivity index (χ0n) is 9.42. The van der Waals surface area contributed by atoms with Crippen LogP contribution in [0.15, 0.2) is 0 Å². The van der Waals surface area contributed by atoms with Crippen molar-refractivity contribution >= 4 is 5.97 Å². The molecule has 0 saturated carbocycles. The number of nitrogens with zero attached hydrogens (tertiary/aromatic N) is 1. The van der Waals surface area contributed by atoms with Crippen molar-refractivity contribution in [3.8, 4) is 5.75 Å². The van der Waals surface area contributed by atoms with Gasteiger partial charge in [-0.05, 0) is 27.7 Å². The van der Waals surface area contributed by atoms with Crippen LogP contribution in [0.25, 0.3) is 0 Å². The molecule has 0 amide bonds. The SMILES string of the molecule is CCOC(=O)c1c(C)nc(C)c(C)c1O. The van der Waals surface area contributed by atoms with E-state index in [0.717, 1.165) is 5.69 Å². The van der Waals surface area contributed by atoms with Gasteiger partial charge in [0, 0.05) is 11.3 Å². The molecule has 4 nitrogen and oxygen atoms in total. The van der Waals surface area contributed by atoms with E-state index in [1.54, 1.807) is 27.7 Å². The van der Waals surface area contributed by atoms with Crippen molar-refractivity contribution in [2.45, 2.75) is 27.7 Å². The molecule has 0 saturated heterocycles. The quantitative estimate of drug-likeness (QED) is 0.755. The third kappa shape index (κ3) is 2.09. The Bertz CT molecular complexity index is 399. The molecule has 0 fully saturated rings. The van der Waals surface area contributed by atoms with Crippen molar-refractivity contribution in [1.29, 1.82) is 0 Å². The van der Waals surface area contributed by atoms with Gasteiger partial charge in [0.1, 0.15) is 11.3 Å². The molecule has 1 rings (SSSR count). The topological polar surface area (TPSA) is 59.4 Å². The van der Waals surface area contributed by atoms with E-state index in [1.165, 1.54) is 0 Å². The summed E-state index contributed by atoms with van der Waals surface area (Å²) in [7, 11) is 0. The second-order valence-corrected chi connectivity index (χ2v) is 3.35. The van der Waals surface area contributed by atoms with Crippen LogP contribution in [0, 0.1) is 20.8 Å². The van der Waals surface area contributed by atoms with Crippen LogP contribution in [0.2, 0.25) is 0 Å². The van der Waals surface area contributed by atoms with Crippen LogP contribution in [0.1, 0.15) is 34.2 Å². The molecule has 0 spiro atoms. The van der Waals surface area contributed by atoms with E-state index in [4.69, 9.17) is 4.74 Å². The Hall–Kier alpha value is -1.58. The van der Waals surface area contributed by atoms with E-state index >= 15 is 0 Å². The molecule has 1 heterocycles. The summed E-state index contributed by atoms with van der Waals surface area (Å²) in [6.45, 7) is 7.19. The lowest BCUT2D eigenvalue weighted by atomic mass is 10.1. The first-order valence-electron chi connectivity index (χ1n) is 4.82. The van der Waals surface area contributed by atoms with Gasteiger partial charge in [0.15, 0.2) is 0 Å². The Labute approximate surface area is 88.9 Å². The van der Waals surface area contributed by atoms with Gasteiger partial charge in [-0.1, -0.05) is 0 Å². The maximum atomic E-state index is 11.5. The maximum absolute atomic E-state index is 11.5. The van der Waals surface area contributed by atoms with Crippen LogP contribution in [-0.2, 0) is 4.74 Å². The summed E-state index contributed by atoms with van der Waals surface area (Å²) in [5.41, 5.74) is 2.00. The first kappa shape index (κ1) is 11.5. The van der Waals surface area contributed by atoms with Gasteiger partial charge in [0.25, 0.3) is 0 Å². The van der Waals surface area contributed by atoms with Gasteiger partial charge in [-0.2, -0.15) is 0 Å². The van der Waals surface area contributed by atoms with Crippen molar-refractivity contribution in [2.75, 3.05) is 6.61 Å². The zero-order chi connectivity index (χ0) is 11.6. The molecular weight excluding hydrogens is 194 g/mol. The van der Waals surface area contributed by atoms with Gasteiger partial charge in [-0.25, -0.2) is 4.79 Å². The predicted octanol–water partition coefficient (Wildman–Crippen LogP) is 1.89. The van der Waals surface area contributed by atoms with Crippen LogP contribution in [0.4, 0.5) is 0 Å². The third-order valence-corrected chi connectivity index (χ3v) is 2.31. The molecule has 0 aliphatic rings. The van der Waals surface area contributed by atoms with Gasteiger partial charge < -0.3 is 9.84 Å². The van der Waals surface area contributed by atoms with Crippen LogP contribution >= 0.6 is 0 Å². The predicted molar refractivity (Wildman–Crippen MR) is 56.1 cm³/mol. The van der Waals surface area contributed by atoms with E-state index in [1.807, 2.05) is 0 Å². The lowest BCUT2D eigenvalue weighted by molar-refractivity contribution is 0.0521. The molecule has 0 aliphatic heterocycles. The minimum Gasteiger partial charge on any atom is -0.507 e. The summed E-state index contributed by atoms with van der Waals surface area (Å²) in [5, 5.41) is 9.82. The van der Waals surface area contributed by atoms with Crippen LogP contribution in [0.3, 0.4) is 0 Å². The summed E-state index contributed by atoms with van der Waals surface area (Å²) in [6, 6.07) is 0. The average molecular weight is 209 g/mol. The number of carbonyl (C=O) groups excluding carboxylic acids is 1. The zero-order valence-corrected chi connectivity index (χ0v) is 9.42. The summed E-state index contributed by atoms with van der Waals surface area (Å²) in [5.74, 6) is -0.554. The number of hydrogen-bond acceptors (Lipinski definition) is 4. The molecule has 15 heavy (non-hydrogen) atoms. The Kier molecular flexibility index (Phi) is 3.29. The van der Waals surface area contributed by atoms with Crippen LogP contribution in [-0.4, -0.2) is 22.7 Å². The first-order chi connectivity index (χ1) is 6.99. The Morgan fingerprint density at radius 1 is 1.33 bits per heavy atom. The fraction of sp³-hybridized carbons (Fsp3) is 0.455. The van der Waals surface area contributed by atoms with Crippen LogP contribution in [0.5, 0.6) is 5.75 Å². The normalized spacial score (nSPS) is 10.1. The van der Waals surface area contributed by atoms with E-state index in [2.05, 4.69) is 4.98 Å². The van der Waals surface area contributed by atoms with E-state index in [-0.39, 0.29) is 17.9 Å². The summed E-state index contributed by atoms with van der Waals surface area (Å²) in [6.07, 6.45) is 0. The molecule has 1 aromatic heterocycles. The molecule has 0 atom stereocenters. The number of aromatic hydroxyl groups is 1. The largest absolute Gasteiger partial charge is 0.507 e. The Morgan fingerprint density at radius 2 is 1.93 bits per heavy atom. The summed E-state index contributed by atoms with van der Waals surface area (Å²) in [4.78, 5) is 15.7. The standard InChI is InChI=1S/C11H15NO3/c1-5-15-11(14)9-8(4)12-7(3)6(2)10(9)13/h5H2,1-4H3,(H,12,13). The summed E-state index contributed by atoms with van der Waals surface area (Å²) >= 11 is 0. The fourth-order valence-corrected chi connectivity index (χ4v) is 1.37. The first-order valence-corrected chi connectivity index (χ1v) is 4.82. The van der Waals surface area contributed by atoms with E-state index in [9.17, 15) is 9.90 Å². The smallest absolute Gasteiger partial charge is 0.343 e. The highest BCUT2D eigenvalue weighted by Crippen LogP contribution is 2.26. The number of esters is 1. The average Bonchev–Trinajstić information content (AvgIpc) is 2.15. The molecule has 1 aromatic rings. The number of carbonyl (C=O) groups is 1. The van der Waals surface area contributed by atoms with Crippen molar-refractivity contribution in [1.82, 2.24) is 4.98 Å². The third-order valence-electron chi connectivity index (χ3n) is 2.31. The molecule has 82 valence electrons. The molecule has 4 heteroatoms. The van der Waals surface area contributed by atoms with Gasteiger partial charge in [-0.15, -0.1) is 0 Å². The lowest BCUT2D eigenvalue weighted by Crippen LogP contribution is -2.10. The van der Waals surface area contributed by atoms with Gasteiger partial charge in [-0.3, -0.25) is 4.98 Å². The molecule has 0 aromatic carbocycles. The number of aryl methyl sites for hydroxylation is 2. The number of hydrogen-bond donors (Lipinski definition) is 1. The highest BCUT2D eigenvalue weighted by molar-refractivity contribution is 5.94. The number of aromatic nitrogens is 1. The van der Waals surface area contributed by atoms with Crippen molar-refractivity contribution in [3.63, 3.8) is 0 Å². The molecule has 0 radical (unpaired) electrons. The minimum absolute atomic E-state index is 0.0292. The number of rotatable bonds is 2. The van der Waals surface area contributed by atoms with Crippen molar-refractivity contribution < 1.29 is 14.6 Å². The van der Waals surface area contributed by atoms with E-state index < -0.39 is 5.97 Å². The second kappa shape index (κ2) is 4.29. The molecule has 1 N–H and O–H groups in total. The van der Waals surface area contributed by atoms with Crippen LogP contribution < -0.4 is 0 Å². The highest BCUT2D eigenvalue weighted by Gasteiger charge is 2.19. The lowest BCUT2D eigenvalue weighted by Gasteiger charge is -2.11. The minimum atomic E-state index is -0.525. The number of ether oxygens (including phenoxy) is 1. The molecule has 0 bridgehead atoms. The Balaban J connectivity index is 3.29. The van der Waals surface area contributed by atoms with Gasteiger partial charge >= 0.3 is 5.97 Å². The molecule has 0 unspecified atom stereocenters. The van der Waals surface area contributed by atoms with Gasteiger partial charge in [0.2, 0.25) is 0 Å². The Morgan fingerprint density at radius 3 is 2.47 bits per heavy atom. The van der Waals surface area contributed by atoms with E-state index in [0.29, 0.717) is 11.3 Å².